The fourth-order valence-corrected chi connectivity index (χ4v) is 4.43. The summed E-state index contributed by atoms with van der Waals surface area (Å²) in [6.45, 7) is 1.74. The van der Waals surface area contributed by atoms with Crippen molar-refractivity contribution in [1.29, 1.82) is 0 Å². The number of hydrogen-bond donors (Lipinski definition) is 2. The number of primary amides is 1. The van der Waals surface area contributed by atoms with E-state index in [1.807, 2.05) is 0 Å². The smallest absolute Gasteiger partial charge is 0.326 e. The zero-order valence-electron chi connectivity index (χ0n) is 16.6. The molecule has 0 bridgehead atoms. The van der Waals surface area contributed by atoms with Crippen molar-refractivity contribution < 1.29 is 28.8 Å². The summed E-state index contributed by atoms with van der Waals surface area (Å²) in [6.07, 6.45) is 0.992. The second-order valence-electron chi connectivity index (χ2n) is 6.89. The van der Waals surface area contributed by atoms with E-state index in [1.165, 1.54) is 24.3 Å². The predicted molar refractivity (Wildman–Crippen MR) is 120 cm³/mol. The van der Waals surface area contributed by atoms with Crippen molar-refractivity contribution in [1.82, 2.24) is 4.90 Å². The highest BCUT2D eigenvalue weighted by atomic mass is 32.2. The molecule has 1 aliphatic rings. The molecule has 0 radical (unpaired) electrons. The maximum Gasteiger partial charge on any atom is 0.326 e. The van der Waals surface area contributed by atoms with Gasteiger partial charge in [-0.2, -0.15) is 0 Å². The summed E-state index contributed by atoms with van der Waals surface area (Å²) in [4.78, 5) is 47.4. The minimum absolute atomic E-state index is 0.0269. The van der Waals surface area contributed by atoms with Crippen LogP contribution >= 0.6 is 24.0 Å². The lowest BCUT2D eigenvalue weighted by atomic mass is 10.1. The molecule has 3 N–H and O–H groups in total. The molecule has 1 atom stereocenters. The Morgan fingerprint density at radius 1 is 1.38 bits per heavy atom. The Hall–Kier alpha value is -3.51. The van der Waals surface area contributed by atoms with Gasteiger partial charge in [-0.3, -0.25) is 24.6 Å². The average molecular weight is 476 g/mol. The zero-order valence-corrected chi connectivity index (χ0v) is 18.3. The van der Waals surface area contributed by atoms with Crippen molar-refractivity contribution in [2.24, 2.45) is 5.73 Å². The normalized spacial score (nSPS) is 15.9. The van der Waals surface area contributed by atoms with Gasteiger partial charge in [0.2, 0.25) is 5.91 Å². The number of hydrogen-bond acceptors (Lipinski definition) is 8. The quantitative estimate of drug-likeness (QED) is 0.253. The molecule has 1 saturated heterocycles. The number of rotatable bonds is 8. The molecule has 1 aromatic carbocycles. The molecule has 166 valence electrons. The Morgan fingerprint density at radius 2 is 2.09 bits per heavy atom. The number of furan rings is 1. The molecule has 0 aliphatic carbocycles. The first kappa shape index (κ1) is 23.2. The first-order chi connectivity index (χ1) is 15.1. The maximum atomic E-state index is 12.8. The fourth-order valence-electron chi connectivity index (χ4n) is 3.10. The van der Waals surface area contributed by atoms with Gasteiger partial charge in [-0.15, -0.1) is 0 Å². The summed E-state index contributed by atoms with van der Waals surface area (Å²) in [6, 6.07) is 6.47. The summed E-state index contributed by atoms with van der Waals surface area (Å²) < 4.78 is 5.71. The maximum absolute atomic E-state index is 12.8. The van der Waals surface area contributed by atoms with Gasteiger partial charge in [0, 0.05) is 18.6 Å². The average Bonchev–Trinajstić information content (AvgIpc) is 3.27. The fraction of sp³-hybridized carbons (Fsp3) is 0.200. The van der Waals surface area contributed by atoms with Crippen LogP contribution in [0, 0.1) is 17.0 Å². The summed E-state index contributed by atoms with van der Waals surface area (Å²) in [5.41, 5.74) is 5.98. The highest BCUT2D eigenvalue weighted by Crippen LogP contribution is 2.37. The standard InChI is InChI=1S/C20H17N3O7S2/c1-10-2-4-12(14(8-10)23(28)29)15-6-3-11(30-15)9-16-18(25)22(20(31)32-16)13(19(26)27)5-7-17(21)24/h2-4,6,8-9,13H,5,7H2,1H3,(H2,21,24)(H,26,27)/b16-9+. The number of nitrogens with zero attached hydrogens (tertiary/aromatic N) is 2. The Balaban J connectivity index is 1.88. The van der Waals surface area contributed by atoms with Crippen molar-refractivity contribution >= 4 is 57.8 Å². The van der Waals surface area contributed by atoms with E-state index in [4.69, 9.17) is 22.4 Å². The van der Waals surface area contributed by atoms with Crippen molar-refractivity contribution in [3.05, 3.63) is 56.7 Å². The number of carboxylic acids is 1. The molecule has 1 aromatic heterocycles. The van der Waals surface area contributed by atoms with E-state index in [9.17, 15) is 29.6 Å². The van der Waals surface area contributed by atoms with Crippen LogP contribution in [0.4, 0.5) is 5.69 Å². The Labute approximate surface area is 191 Å². The number of benzene rings is 1. The Bertz CT molecular complexity index is 1170. The summed E-state index contributed by atoms with van der Waals surface area (Å²) in [5.74, 6) is -2.17. The molecule has 32 heavy (non-hydrogen) atoms. The topological polar surface area (TPSA) is 157 Å². The molecule has 12 heteroatoms. The molecule has 2 heterocycles. The highest BCUT2D eigenvalue weighted by Gasteiger charge is 2.40. The van der Waals surface area contributed by atoms with Crippen LogP contribution < -0.4 is 5.73 Å². The number of carbonyl (C=O) groups excluding carboxylic acids is 2. The van der Waals surface area contributed by atoms with Gasteiger partial charge in [0.05, 0.1) is 15.4 Å². The minimum Gasteiger partial charge on any atom is -0.480 e. The van der Waals surface area contributed by atoms with Crippen LogP contribution in [0.3, 0.4) is 0 Å². The van der Waals surface area contributed by atoms with E-state index in [0.717, 1.165) is 22.2 Å². The molecule has 10 nitrogen and oxygen atoms in total. The number of aryl methyl sites for hydroxylation is 1. The predicted octanol–water partition coefficient (Wildman–Crippen LogP) is 3.08. The van der Waals surface area contributed by atoms with Gasteiger partial charge in [-0.25, -0.2) is 4.79 Å². The van der Waals surface area contributed by atoms with Crippen molar-refractivity contribution in [3.63, 3.8) is 0 Å². The SMILES string of the molecule is Cc1ccc(-c2ccc(/C=C3/SC(=S)N(C(CCC(N)=O)C(=O)O)C3=O)o2)c([N+](=O)[O-])c1. The highest BCUT2D eigenvalue weighted by molar-refractivity contribution is 8.26. The number of nitro groups is 1. The van der Waals surface area contributed by atoms with Crippen LogP contribution in [-0.4, -0.2) is 43.1 Å². The molecule has 3 rings (SSSR count). The lowest BCUT2D eigenvalue weighted by Gasteiger charge is -2.22. The van der Waals surface area contributed by atoms with Gasteiger partial charge >= 0.3 is 5.97 Å². The molecule has 1 fully saturated rings. The van der Waals surface area contributed by atoms with E-state index in [-0.39, 0.29) is 44.8 Å². The first-order valence-corrected chi connectivity index (χ1v) is 10.4. The van der Waals surface area contributed by atoms with Gasteiger partial charge in [0.1, 0.15) is 21.9 Å². The van der Waals surface area contributed by atoms with E-state index in [0.29, 0.717) is 0 Å². The van der Waals surface area contributed by atoms with E-state index in [1.54, 1.807) is 19.1 Å². The molecule has 2 aromatic rings. The van der Waals surface area contributed by atoms with Crippen LogP contribution in [-0.2, 0) is 14.4 Å². The third-order valence-corrected chi connectivity index (χ3v) is 5.93. The number of carbonyl (C=O) groups is 3. The van der Waals surface area contributed by atoms with Crippen LogP contribution in [0.5, 0.6) is 0 Å². The number of carboxylic acid groups (broad SMARTS) is 1. The third kappa shape index (κ3) is 4.86. The van der Waals surface area contributed by atoms with Gasteiger partial charge in [0.15, 0.2) is 0 Å². The van der Waals surface area contributed by atoms with E-state index in [2.05, 4.69) is 0 Å². The summed E-state index contributed by atoms with van der Waals surface area (Å²) in [5, 5.41) is 20.8. The van der Waals surface area contributed by atoms with Crippen LogP contribution in [0.1, 0.15) is 24.2 Å². The number of thioether (sulfide) groups is 1. The third-order valence-electron chi connectivity index (χ3n) is 4.60. The molecule has 0 spiro atoms. The van der Waals surface area contributed by atoms with Crippen LogP contribution in [0.2, 0.25) is 0 Å². The van der Waals surface area contributed by atoms with E-state index >= 15 is 0 Å². The van der Waals surface area contributed by atoms with Crippen molar-refractivity contribution in [2.45, 2.75) is 25.8 Å². The van der Waals surface area contributed by atoms with Crippen LogP contribution in [0.25, 0.3) is 17.4 Å². The van der Waals surface area contributed by atoms with Gasteiger partial charge < -0.3 is 15.3 Å². The summed E-state index contributed by atoms with van der Waals surface area (Å²) >= 11 is 6.06. The number of nitrogens with two attached hydrogens (primary N) is 1. The number of thiocarbonyl (C=S) groups is 1. The summed E-state index contributed by atoms with van der Waals surface area (Å²) in [7, 11) is 0. The minimum atomic E-state index is -1.33. The van der Waals surface area contributed by atoms with Crippen molar-refractivity contribution in [2.75, 3.05) is 0 Å². The number of amides is 2. The lowest BCUT2D eigenvalue weighted by Crippen LogP contribution is -2.44. The molecule has 1 unspecified atom stereocenters. The Morgan fingerprint density at radius 3 is 2.72 bits per heavy atom. The molecular weight excluding hydrogens is 458 g/mol. The van der Waals surface area contributed by atoms with Gasteiger partial charge in [0.25, 0.3) is 11.6 Å². The number of aliphatic carboxylic acids is 1. The van der Waals surface area contributed by atoms with Crippen LogP contribution in [0.15, 0.2) is 39.7 Å². The monoisotopic (exact) mass is 475 g/mol. The lowest BCUT2D eigenvalue weighted by molar-refractivity contribution is -0.384. The Kier molecular flexibility index (Phi) is 6.75. The second-order valence-corrected chi connectivity index (χ2v) is 8.57. The molecule has 2 amide bonds. The molecule has 0 saturated carbocycles. The number of nitro benzene ring substituents is 1. The van der Waals surface area contributed by atoms with Crippen molar-refractivity contribution in [3.8, 4) is 11.3 Å². The van der Waals surface area contributed by atoms with E-state index < -0.39 is 28.7 Å². The second kappa shape index (κ2) is 9.32. The first-order valence-electron chi connectivity index (χ1n) is 9.22. The molecule has 1 aliphatic heterocycles. The van der Waals surface area contributed by atoms with Gasteiger partial charge in [-0.1, -0.05) is 30.0 Å². The van der Waals surface area contributed by atoms with Gasteiger partial charge in [-0.05, 0) is 37.1 Å². The molecular formula is C20H17N3O7S2. The zero-order chi connectivity index (χ0) is 23.6. The largest absolute Gasteiger partial charge is 0.480 e.